The first kappa shape index (κ1) is 31.7. The zero-order valence-electron chi connectivity index (χ0n) is 25.2. The fourth-order valence-electron chi connectivity index (χ4n) is 5.69. The maximum Gasteiger partial charge on any atom is 0.160 e. The molecule has 0 aromatic carbocycles. The number of carbonyl (C=O) groups is 1. The van der Waals surface area contributed by atoms with Gasteiger partial charge in [-0.1, -0.05) is 62.3 Å². The van der Waals surface area contributed by atoms with E-state index in [4.69, 9.17) is 23.7 Å². The molecule has 14 atom stereocenters. The third-order valence-corrected chi connectivity index (χ3v) is 9.90. The van der Waals surface area contributed by atoms with Gasteiger partial charge in [-0.05, 0) is 62.2 Å². The molecular formula is C30H56O6. The summed E-state index contributed by atoms with van der Waals surface area (Å²) in [6, 6.07) is 0. The van der Waals surface area contributed by atoms with Gasteiger partial charge >= 0.3 is 0 Å². The normalized spacial score (nSPS) is 47.6. The Balaban J connectivity index is 0.00000106. The number of hydrogen-bond acceptors (Lipinski definition) is 6. The molecule has 6 heteroatoms. The standard InChI is InChI=1S/C27H50O5.C3H6O/c1-14-11-28-24(19(6)15(14)2)12-29-27-22(9)17(4)20(7)25(32-27)13-30-26-21(8)16(3)18(5)23(10)31-26;1-3(2)4/h14-27H,11-13H2,1-10H3;1-2H3. The van der Waals surface area contributed by atoms with E-state index in [2.05, 4.69) is 69.2 Å². The lowest BCUT2D eigenvalue weighted by Gasteiger charge is -2.46. The van der Waals surface area contributed by atoms with Crippen LogP contribution < -0.4 is 0 Å². The molecular weight excluding hydrogens is 456 g/mol. The van der Waals surface area contributed by atoms with E-state index in [1.54, 1.807) is 0 Å². The monoisotopic (exact) mass is 512 g/mol. The van der Waals surface area contributed by atoms with E-state index in [9.17, 15) is 4.79 Å². The van der Waals surface area contributed by atoms with E-state index >= 15 is 0 Å². The maximum atomic E-state index is 9.44. The molecule has 0 radical (unpaired) electrons. The summed E-state index contributed by atoms with van der Waals surface area (Å²) in [6.07, 6.45) is -0.0178. The number of hydrogen-bond donors (Lipinski definition) is 0. The van der Waals surface area contributed by atoms with Crippen molar-refractivity contribution in [2.24, 2.45) is 53.3 Å². The molecule has 0 saturated carbocycles. The molecule has 14 unspecified atom stereocenters. The lowest BCUT2D eigenvalue weighted by atomic mass is 9.78. The number of carbonyl (C=O) groups excluding carboxylic acids is 1. The smallest absolute Gasteiger partial charge is 0.160 e. The summed E-state index contributed by atoms with van der Waals surface area (Å²) < 4.78 is 31.5. The Labute approximate surface area is 221 Å². The molecule has 212 valence electrons. The fraction of sp³-hybridized carbons (Fsp3) is 0.967. The van der Waals surface area contributed by atoms with Gasteiger partial charge in [-0.2, -0.15) is 0 Å². The molecule has 0 amide bonds. The van der Waals surface area contributed by atoms with Crippen molar-refractivity contribution in [1.82, 2.24) is 0 Å². The van der Waals surface area contributed by atoms with Crippen molar-refractivity contribution in [1.29, 1.82) is 0 Å². The summed E-state index contributed by atoms with van der Waals surface area (Å²) in [4.78, 5) is 9.44. The highest BCUT2D eigenvalue weighted by atomic mass is 16.7. The predicted molar refractivity (Wildman–Crippen MR) is 143 cm³/mol. The zero-order chi connectivity index (χ0) is 27.3. The van der Waals surface area contributed by atoms with E-state index in [0.29, 0.717) is 66.5 Å². The third-order valence-electron chi connectivity index (χ3n) is 9.90. The Morgan fingerprint density at radius 3 is 1.61 bits per heavy atom. The Kier molecular flexibility index (Phi) is 12.3. The molecule has 0 aromatic heterocycles. The first-order chi connectivity index (χ1) is 16.8. The molecule has 3 heterocycles. The number of ketones is 1. The highest BCUT2D eigenvalue weighted by Crippen LogP contribution is 2.39. The first-order valence-corrected chi connectivity index (χ1v) is 14.4. The molecule has 3 rings (SSSR count). The van der Waals surface area contributed by atoms with E-state index in [1.807, 2.05) is 0 Å². The average molecular weight is 513 g/mol. The minimum atomic E-state index is -0.220. The number of ether oxygens (including phenoxy) is 5. The minimum absolute atomic E-state index is 0.00982. The Bertz CT molecular complexity index is 666. The van der Waals surface area contributed by atoms with Gasteiger partial charge < -0.3 is 28.5 Å². The molecule has 0 aliphatic carbocycles. The van der Waals surface area contributed by atoms with Crippen molar-refractivity contribution in [3.63, 3.8) is 0 Å². The summed E-state index contributed by atoms with van der Waals surface area (Å²) in [5, 5.41) is 0. The van der Waals surface area contributed by atoms with Gasteiger partial charge in [0.15, 0.2) is 12.6 Å². The Hall–Kier alpha value is -0.530. The van der Waals surface area contributed by atoms with Crippen LogP contribution in [0.25, 0.3) is 0 Å². The maximum absolute atomic E-state index is 9.44. The van der Waals surface area contributed by atoms with Crippen LogP contribution in [0.1, 0.15) is 83.1 Å². The van der Waals surface area contributed by atoms with Crippen LogP contribution in [0.3, 0.4) is 0 Å². The van der Waals surface area contributed by atoms with Crippen LogP contribution in [0.5, 0.6) is 0 Å². The van der Waals surface area contributed by atoms with E-state index in [-0.39, 0.29) is 36.7 Å². The van der Waals surface area contributed by atoms with Gasteiger partial charge in [0.05, 0.1) is 31.5 Å². The van der Waals surface area contributed by atoms with Gasteiger partial charge in [-0.15, -0.1) is 0 Å². The van der Waals surface area contributed by atoms with Crippen LogP contribution in [-0.4, -0.2) is 56.5 Å². The number of rotatable bonds is 6. The van der Waals surface area contributed by atoms with Crippen LogP contribution in [0.2, 0.25) is 0 Å². The van der Waals surface area contributed by atoms with E-state index < -0.39 is 0 Å². The summed E-state index contributed by atoms with van der Waals surface area (Å²) in [5.41, 5.74) is 0. The van der Waals surface area contributed by atoms with Gasteiger partial charge in [-0.25, -0.2) is 0 Å². The second kappa shape index (κ2) is 14.0. The van der Waals surface area contributed by atoms with Crippen LogP contribution in [0, 0.1) is 53.3 Å². The van der Waals surface area contributed by atoms with Gasteiger partial charge in [-0.3, -0.25) is 0 Å². The largest absolute Gasteiger partial charge is 0.375 e. The number of Topliss-reactive ketones (excluding diaryl/α,β-unsaturated/α-hetero) is 1. The lowest BCUT2D eigenvalue weighted by Crippen LogP contribution is -2.51. The van der Waals surface area contributed by atoms with Crippen molar-refractivity contribution in [3.8, 4) is 0 Å². The van der Waals surface area contributed by atoms with Crippen LogP contribution >= 0.6 is 0 Å². The second-order valence-electron chi connectivity index (χ2n) is 12.5. The molecule has 0 N–H and O–H groups in total. The highest BCUT2D eigenvalue weighted by molar-refractivity contribution is 5.72. The molecule has 6 nitrogen and oxygen atoms in total. The average Bonchev–Trinajstić information content (AvgIpc) is 2.82. The van der Waals surface area contributed by atoms with Crippen molar-refractivity contribution in [3.05, 3.63) is 0 Å². The summed E-state index contributed by atoms with van der Waals surface area (Å²) in [5.74, 6) is 4.63. The summed E-state index contributed by atoms with van der Waals surface area (Å²) >= 11 is 0. The van der Waals surface area contributed by atoms with Crippen LogP contribution in [0.4, 0.5) is 0 Å². The lowest BCUT2D eigenvalue weighted by molar-refractivity contribution is -0.293. The molecule has 36 heavy (non-hydrogen) atoms. The molecule has 3 fully saturated rings. The van der Waals surface area contributed by atoms with Gasteiger partial charge in [0.25, 0.3) is 0 Å². The molecule has 3 saturated heterocycles. The van der Waals surface area contributed by atoms with Gasteiger partial charge in [0, 0.05) is 18.4 Å². The van der Waals surface area contributed by atoms with Gasteiger partial charge in [0.1, 0.15) is 5.78 Å². The van der Waals surface area contributed by atoms with Crippen LogP contribution in [0.15, 0.2) is 0 Å². The first-order valence-electron chi connectivity index (χ1n) is 14.4. The Morgan fingerprint density at radius 1 is 0.611 bits per heavy atom. The second-order valence-corrected chi connectivity index (χ2v) is 12.5. The highest BCUT2D eigenvalue weighted by Gasteiger charge is 2.43. The van der Waals surface area contributed by atoms with Crippen LogP contribution in [-0.2, 0) is 28.5 Å². The van der Waals surface area contributed by atoms with Gasteiger partial charge in [0.2, 0.25) is 0 Å². The molecule has 3 aliphatic heterocycles. The summed E-state index contributed by atoms with van der Waals surface area (Å²) in [7, 11) is 0. The van der Waals surface area contributed by atoms with Crippen molar-refractivity contribution >= 4 is 5.78 Å². The quantitative estimate of drug-likeness (QED) is 0.422. The molecule has 0 aromatic rings. The Morgan fingerprint density at radius 2 is 1.06 bits per heavy atom. The fourth-order valence-corrected chi connectivity index (χ4v) is 5.69. The molecule has 0 bridgehead atoms. The van der Waals surface area contributed by atoms with Crippen molar-refractivity contribution in [2.75, 3.05) is 19.8 Å². The zero-order valence-corrected chi connectivity index (χ0v) is 25.2. The predicted octanol–water partition coefficient (Wildman–Crippen LogP) is 6.21. The molecule has 3 aliphatic rings. The summed E-state index contributed by atoms with van der Waals surface area (Å²) in [6.45, 7) is 27.7. The molecule has 0 spiro atoms. The minimum Gasteiger partial charge on any atom is -0.375 e. The SMILES string of the molecule is CC(C)=O.CC1COC(COC2OC(COC3OC(C)C(C)C(C)C3C)C(C)C(C)C2C)C(C)C1C. The van der Waals surface area contributed by atoms with E-state index in [0.717, 1.165) is 6.61 Å². The van der Waals surface area contributed by atoms with E-state index in [1.165, 1.54) is 13.8 Å². The topological polar surface area (TPSA) is 63.2 Å². The van der Waals surface area contributed by atoms with Crippen molar-refractivity contribution < 1.29 is 28.5 Å². The third kappa shape index (κ3) is 7.99. The van der Waals surface area contributed by atoms with Crippen molar-refractivity contribution in [2.45, 2.75) is 114 Å².